The number of carbonyl (C=O) groups excluding carboxylic acids is 1. The summed E-state index contributed by atoms with van der Waals surface area (Å²) in [6.45, 7) is 4.85. The van der Waals surface area contributed by atoms with Gasteiger partial charge in [-0.25, -0.2) is 4.39 Å². The van der Waals surface area contributed by atoms with Crippen LogP contribution in [0.3, 0.4) is 0 Å². The SMILES string of the molecule is CC(C)CCCOc1cc(F)cc(C=O)c1. The van der Waals surface area contributed by atoms with Gasteiger partial charge in [-0.3, -0.25) is 4.79 Å². The van der Waals surface area contributed by atoms with Crippen molar-refractivity contribution < 1.29 is 13.9 Å². The molecule has 3 heteroatoms. The molecule has 16 heavy (non-hydrogen) atoms. The summed E-state index contributed by atoms with van der Waals surface area (Å²) in [5.41, 5.74) is 0.304. The fourth-order valence-electron chi connectivity index (χ4n) is 1.42. The maximum absolute atomic E-state index is 13.0. The average Bonchev–Trinajstić information content (AvgIpc) is 2.23. The van der Waals surface area contributed by atoms with E-state index >= 15 is 0 Å². The molecule has 0 aliphatic carbocycles. The molecule has 1 rings (SSSR count). The first-order chi connectivity index (χ1) is 7.61. The molecule has 0 aliphatic heterocycles. The summed E-state index contributed by atoms with van der Waals surface area (Å²) in [4.78, 5) is 10.5. The Morgan fingerprint density at radius 2 is 2.12 bits per heavy atom. The molecule has 0 saturated heterocycles. The largest absolute Gasteiger partial charge is 0.493 e. The second-order valence-electron chi connectivity index (χ2n) is 4.22. The van der Waals surface area contributed by atoms with Gasteiger partial charge >= 0.3 is 0 Å². The maximum atomic E-state index is 13.0. The van der Waals surface area contributed by atoms with Crippen molar-refractivity contribution >= 4 is 6.29 Å². The minimum absolute atomic E-state index is 0.304. The van der Waals surface area contributed by atoms with Crippen LogP contribution in [0.5, 0.6) is 5.75 Å². The summed E-state index contributed by atoms with van der Waals surface area (Å²) in [6, 6.07) is 4.03. The molecule has 2 nitrogen and oxygen atoms in total. The van der Waals surface area contributed by atoms with Crippen molar-refractivity contribution in [1.82, 2.24) is 0 Å². The number of carbonyl (C=O) groups is 1. The summed E-state index contributed by atoms with van der Waals surface area (Å²) >= 11 is 0. The van der Waals surface area contributed by atoms with Gasteiger partial charge < -0.3 is 4.74 Å². The number of aldehydes is 1. The Morgan fingerprint density at radius 3 is 2.75 bits per heavy atom. The van der Waals surface area contributed by atoms with E-state index in [1.807, 2.05) is 0 Å². The van der Waals surface area contributed by atoms with E-state index in [1.54, 1.807) is 6.07 Å². The van der Waals surface area contributed by atoms with E-state index in [9.17, 15) is 9.18 Å². The van der Waals surface area contributed by atoms with E-state index in [4.69, 9.17) is 4.74 Å². The van der Waals surface area contributed by atoms with Gasteiger partial charge in [0.2, 0.25) is 0 Å². The van der Waals surface area contributed by atoms with Crippen LogP contribution in [0, 0.1) is 11.7 Å². The molecule has 0 radical (unpaired) electrons. The lowest BCUT2D eigenvalue weighted by atomic mass is 10.1. The van der Waals surface area contributed by atoms with Crippen molar-refractivity contribution in [3.05, 3.63) is 29.6 Å². The number of benzene rings is 1. The first-order valence-electron chi connectivity index (χ1n) is 5.50. The van der Waals surface area contributed by atoms with Crippen LogP contribution in [0.1, 0.15) is 37.0 Å². The third-order valence-electron chi connectivity index (χ3n) is 2.22. The topological polar surface area (TPSA) is 26.3 Å². The summed E-state index contributed by atoms with van der Waals surface area (Å²) < 4.78 is 18.4. The Morgan fingerprint density at radius 1 is 1.38 bits per heavy atom. The van der Waals surface area contributed by atoms with Crippen molar-refractivity contribution in [2.24, 2.45) is 5.92 Å². The molecule has 0 N–H and O–H groups in total. The van der Waals surface area contributed by atoms with Crippen molar-refractivity contribution in [3.63, 3.8) is 0 Å². The van der Waals surface area contributed by atoms with Gasteiger partial charge in [-0.2, -0.15) is 0 Å². The molecule has 0 bridgehead atoms. The maximum Gasteiger partial charge on any atom is 0.150 e. The monoisotopic (exact) mass is 224 g/mol. The molecule has 0 unspecified atom stereocenters. The predicted molar refractivity (Wildman–Crippen MR) is 61.4 cm³/mol. The molecular weight excluding hydrogens is 207 g/mol. The fourth-order valence-corrected chi connectivity index (χ4v) is 1.42. The second kappa shape index (κ2) is 6.26. The Labute approximate surface area is 95.4 Å². The molecule has 0 spiro atoms. The van der Waals surface area contributed by atoms with Crippen LogP contribution in [0.25, 0.3) is 0 Å². The highest BCUT2D eigenvalue weighted by molar-refractivity contribution is 5.75. The Hall–Kier alpha value is -1.38. The minimum atomic E-state index is -0.441. The number of hydrogen-bond acceptors (Lipinski definition) is 2. The second-order valence-corrected chi connectivity index (χ2v) is 4.22. The lowest BCUT2D eigenvalue weighted by Crippen LogP contribution is -2.00. The normalized spacial score (nSPS) is 10.5. The molecular formula is C13H17FO2. The third kappa shape index (κ3) is 4.43. The van der Waals surface area contributed by atoms with E-state index in [0.29, 0.717) is 30.1 Å². The third-order valence-corrected chi connectivity index (χ3v) is 2.22. The van der Waals surface area contributed by atoms with E-state index in [1.165, 1.54) is 12.1 Å². The fraction of sp³-hybridized carbons (Fsp3) is 0.462. The Bertz CT molecular complexity index is 348. The van der Waals surface area contributed by atoms with Crippen molar-refractivity contribution in [2.45, 2.75) is 26.7 Å². The molecule has 0 atom stereocenters. The summed E-state index contributed by atoms with van der Waals surface area (Å²) in [5, 5.41) is 0. The summed E-state index contributed by atoms with van der Waals surface area (Å²) in [6.07, 6.45) is 2.63. The van der Waals surface area contributed by atoms with Crippen LogP contribution >= 0.6 is 0 Å². The van der Waals surface area contributed by atoms with Gasteiger partial charge in [-0.1, -0.05) is 13.8 Å². The van der Waals surface area contributed by atoms with E-state index in [0.717, 1.165) is 12.8 Å². The van der Waals surface area contributed by atoms with Gasteiger partial charge in [0.15, 0.2) is 0 Å². The Kier molecular flexibility index (Phi) is 4.96. The van der Waals surface area contributed by atoms with E-state index < -0.39 is 5.82 Å². The number of halogens is 1. The minimum Gasteiger partial charge on any atom is -0.493 e. The van der Waals surface area contributed by atoms with Gasteiger partial charge in [0.05, 0.1) is 6.61 Å². The highest BCUT2D eigenvalue weighted by Gasteiger charge is 2.01. The Balaban J connectivity index is 2.47. The number of ether oxygens (including phenoxy) is 1. The van der Waals surface area contributed by atoms with Crippen molar-refractivity contribution in [3.8, 4) is 5.75 Å². The van der Waals surface area contributed by atoms with Gasteiger partial charge in [0.1, 0.15) is 17.9 Å². The standard InChI is InChI=1S/C13H17FO2/c1-10(2)4-3-5-16-13-7-11(9-15)6-12(14)8-13/h6-10H,3-5H2,1-2H3. The molecule has 0 heterocycles. The quantitative estimate of drug-likeness (QED) is 0.546. The van der Waals surface area contributed by atoms with Crippen LogP contribution in [-0.2, 0) is 0 Å². The molecule has 0 amide bonds. The highest BCUT2D eigenvalue weighted by atomic mass is 19.1. The van der Waals surface area contributed by atoms with Crippen molar-refractivity contribution in [2.75, 3.05) is 6.61 Å². The highest BCUT2D eigenvalue weighted by Crippen LogP contribution is 2.16. The van der Waals surface area contributed by atoms with Gasteiger partial charge in [-0.15, -0.1) is 0 Å². The first-order valence-corrected chi connectivity index (χ1v) is 5.50. The molecule has 0 aromatic heterocycles. The zero-order valence-corrected chi connectivity index (χ0v) is 9.70. The van der Waals surface area contributed by atoms with Gasteiger partial charge in [0.25, 0.3) is 0 Å². The molecule has 88 valence electrons. The van der Waals surface area contributed by atoms with E-state index in [-0.39, 0.29) is 0 Å². The first kappa shape index (κ1) is 12.7. The number of hydrogen-bond donors (Lipinski definition) is 0. The van der Waals surface area contributed by atoms with Crippen LogP contribution in [0.15, 0.2) is 18.2 Å². The molecule has 0 fully saturated rings. The lowest BCUT2D eigenvalue weighted by Gasteiger charge is -2.08. The van der Waals surface area contributed by atoms with Gasteiger partial charge in [0, 0.05) is 11.6 Å². The summed E-state index contributed by atoms with van der Waals surface area (Å²) in [7, 11) is 0. The smallest absolute Gasteiger partial charge is 0.150 e. The zero-order chi connectivity index (χ0) is 12.0. The lowest BCUT2D eigenvalue weighted by molar-refractivity contribution is 0.112. The number of rotatable bonds is 6. The summed E-state index contributed by atoms with van der Waals surface area (Å²) in [5.74, 6) is 0.621. The molecule has 0 aliphatic rings. The van der Waals surface area contributed by atoms with Crippen LogP contribution in [-0.4, -0.2) is 12.9 Å². The molecule has 1 aromatic carbocycles. The molecule has 0 saturated carbocycles. The van der Waals surface area contributed by atoms with Crippen molar-refractivity contribution in [1.29, 1.82) is 0 Å². The van der Waals surface area contributed by atoms with E-state index in [2.05, 4.69) is 13.8 Å². The zero-order valence-electron chi connectivity index (χ0n) is 9.70. The van der Waals surface area contributed by atoms with Gasteiger partial charge in [-0.05, 0) is 30.9 Å². The van der Waals surface area contributed by atoms with Crippen LogP contribution in [0.2, 0.25) is 0 Å². The average molecular weight is 224 g/mol. The molecule has 1 aromatic rings. The van der Waals surface area contributed by atoms with Crippen LogP contribution < -0.4 is 4.74 Å². The van der Waals surface area contributed by atoms with Crippen LogP contribution in [0.4, 0.5) is 4.39 Å². The predicted octanol–water partition coefficient (Wildman–Crippen LogP) is 3.45.